The first-order valence-electron chi connectivity index (χ1n) is 17.8. The quantitative estimate of drug-likeness (QED) is 0.149. The van der Waals surface area contributed by atoms with Crippen LogP contribution in [-0.2, 0) is 16.0 Å². The third-order valence-electron chi connectivity index (χ3n) is 9.84. The van der Waals surface area contributed by atoms with E-state index in [-0.39, 0.29) is 36.5 Å². The molecular weight excluding hydrogens is 598 g/mol. The molecule has 1 aromatic rings. The lowest BCUT2D eigenvalue weighted by Gasteiger charge is -2.40. The molecule has 4 N–H and O–H groups in total. The molecule has 0 aromatic heterocycles. The summed E-state index contributed by atoms with van der Waals surface area (Å²) in [5, 5.41) is 12.1. The van der Waals surface area contributed by atoms with Crippen molar-refractivity contribution in [2.24, 2.45) is 5.92 Å². The molecule has 4 amide bonds. The minimum absolute atomic E-state index is 0.0317. The number of carbonyl (C=O) groups excluding carboxylic acids is 3. The van der Waals surface area contributed by atoms with E-state index in [0.717, 1.165) is 89.4 Å². The first-order chi connectivity index (χ1) is 22.3. The average Bonchev–Trinajstić information content (AvgIpc) is 3.59. The summed E-state index contributed by atoms with van der Waals surface area (Å²) in [5.74, 6) is 1.31. The van der Waals surface area contributed by atoms with Crippen molar-refractivity contribution in [3.8, 4) is 0 Å². The Morgan fingerprint density at radius 1 is 1.02 bits per heavy atom. The fourth-order valence-electron chi connectivity index (χ4n) is 7.07. The van der Waals surface area contributed by atoms with Crippen LogP contribution in [0.3, 0.4) is 0 Å². The number of nitrogens with one attached hydrogen (secondary N) is 4. The molecule has 0 radical (unpaired) electrons. The largest absolute Gasteiger partial charge is 0.347 e. The molecule has 0 saturated carbocycles. The standard InChI is InChI=1S/C35H59N7O3S/c1-5-17-42-23-26(4)16-18-41(20-19-40(6-2)7-3)24-29(42)21-27-12-14-28(15-13-27)37-33(44)22-36-32(43)11-9-8-10-31-34-30(25-46-31)38-35(45)39-34/h12-15,26,29-31,34H,5-11,16-25H2,1-4H3,(H,36,43)(H,37,44)(H2,38,39,45). The molecule has 258 valence electrons. The Hall–Kier alpha value is -2.34. The maximum Gasteiger partial charge on any atom is 0.315 e. The van der Waals surface area contributed by atoms with Gasteiger partial charge >= 0.3 is 6.03 Å². The van der Waals surface area contributed by atoms with Crippen LogP contribution in [0.15, 0.2) is 24.3 Å². The van der Waals surface area contributed by atoms with Crippen molar-refractivity contribution in [1.82, 2.24) is 30.7 Å². The Bertz CT molecular complexity index is 1100. The second-order valence-electron chi connectivity index (χ2n) is 13.5. The Morgan fingerprint density at radius 3 is 2.54 bits per heavy atom. The molecule has 11 heteroatoms. The molecule has 46 heavy (non-hydrogen) atoms. The van der Waals surface area contributed by atoms with Gasteiger partial charge in [0.1, 0.15) is 0 Å². The zero-order valence-electron chi connectivity index (χ0n) is 28.7. The van der Waals surface area contributed by atoms with E-state index in [4.69, 9.17) is 0 Å². The molecular formula is C35H59N7O3S. The van der Waals surface area contributed by atoms with Gasteiger partial charge in [-0.05, 0) is 81.9 Å². The molecule has 4 rings (SSSR count). The average molecular weight is 658 g/mol. The monoisotopic (exact) mass is 657 g/mol. The van der Waals surface area contributed by atoms with E-state index in [1.807, 2.05) is 23.9 Å². The maximum atomic E-state index is 12.6. The van der Waals surface area contributed by atoms with Crippen LogP contribution in [0.2, 0.25) is 0 Å². The highest BCUT2D eigenvalue weighted by Gasteiger charge is 2.42. The summed E-state index contributed by atoms with van der Waals surface area (Å²) in [4.78, 5) is 44.4. The zero-order valence-corrected chi connectivity index (χ0v) is 29.5. The number of amides is 4. The molecule has 3 aliphatic heterocycles. The van der Waals surface area contributed by atoms with Crippen LogP contribution in [-0.4, -0.2) is 121 Å². The molecule has 5 unspecified atom stereocenters. The number of rotatable bonds is 17. The van der Waals surface area contributed by atoms with Gasteiger partial charge in [-0.15, -0.1) is 0 Å². The molecule has 0 aliphatic carbocycles. The molecule has 10 nitrogen and oxygen atoms in total. The van der Waals surface area contributed by atoms with Gasteiger partial charge in [-0.1, -0.05) is 46.2 Å². The van der Waals surface area contributed by atoms with Crippen LogP contribution in [0.1, 0.15) is 71.8 Å². The van der Waals surface area contributed by atoms with Crippen LogP contribution < -0.4 is 21.3 Å². The van der Waals surface area contributed by atoms with Crippen LogP contribution in [0.5, 0.6) is 0 Å². The first kappa shape index (κ1) is 36.5. The first-order valence-corrected chi connectivity index (χ1v) is 18.9. The van der Waals surface area contributed by atoms with E-state index in [2.05, 4.69) is 75.8 Å². The molecule has 0 bridgehead atoms. The van der Waals surface area contributed by atoms with E-state index in [9.17, 15) is 14.4 Å². The molecule has 0 spiro atoms. The van der Waals surface area contributed by atoms with Gasteiger partial charge < -0.3 is 31.1 Å². The SMILES string of the molecule is CCCN1CC(C)CCN(CCN(CC)CC)CC1Cc1ccc(NC(=O)CNC(=O)CCCCC2SCC3NC(=O)NC32)cc1. The topological polar surface area (TPSA) is 109 Å². The Labute approximate surface area is 281 Å². The lowest BCUT2D eigenvalue weighted by atomic mass is 9.98. The number of benzene rings is 1. The highest BCUT2D eigenvalue weighted by molar-refractivity contribution is 8.00. The van der Waals surface area contributed by atoms with Gasteiger partial charge in [-0.3, -0.25) is 14.5 Å². The predicted octanol–water partition coefficient (Wildman–Crippen LogP) is 3.77. The van der Waals surface area contributed by atoms with Crippen LogP contribution in [0.4, 0.5) is 10.5 Å². The van der Waals surface area contributed by atoms with E-state index in [1.165, 1.54) is 18.5 Å². The number of nitrogens with zero attached hydrogens (tertiary/aromatic N) is 3. The fraction of sp³-hybridized carbons (Fsp3) is 0.743. The second kappa shape index (κ2) is 18.9. The molecule has 3 aliphatic rings. The number of hydrogen-bond donors (Lipinski definition) is 4. The van der Waals surface area contributed by atoms with Crippen molar-refractivity contribution in [2.45, 2.75) is 96.0 Å². The smallest absolute Gasteiger partial charge is 0.315 e. The lowest BCUT2D eigenvalue weighted by molar-refractivity contribution is -0.124. The molecule has 1 aromatic carbocycles. The van der Waals surface area contributed by atoms with E-state index in [0.29, 0.717) is 23.6 Å². The summed E-state index contributed by atoms with van der Waals surface area (Å²) >= 11 is 1.89. The number of anilines is 1. The summed E-state index contributed by atoms with van der Waals surface area (Å²) in [7, 11) is 0. The highest BCUT2D eigenvalue weighted by atomic mass is 32.2. The van der Waals surface area contributed by atoms with Gasteiger partial charge in [0.15, 0.2) is 0 Å². The van der Waals surface area contributed by atoms with E-state index >= 15 is 0 Å². The third-order valence-corrected chi connectivity index (χ3v) is 11.4. The van der Waals surface area contributed by atoms with Gasteiger partial charge in [0, 0.05) is 55.3 Å². The van der Waals surface area contributed by atoms with Crippen molar-refractivity contribution in [3.05, 3.63) is 29.8 Å². The summed E-state index contributed by atoms with van der Waals surface area (Å²) in [6.45, 7) is 18.1. The van der Waals surface area contributed by atoms with Crippen molar-refractivity contribution in [3.63, 3.8) is 0 Å². The molecule has 3 saturated heterocycles. The van der Waals surface area contributed by atoms with Gasteiger partial charge in [0.25, 0.3) is 0 Å². The van der Waals surface area contributed by atoms with Gasteiger partial charge in [-0.2, -0.15) is 11.8 Å². The molecule has 5 atom stereocenters. The maximum absolute atomic E-state index is 12.6. The molecule has 3 fully saturated rings. The zero-order chi connectivity index (χ0) is 32.9. The van der Waals surface area contributed by atoms with Crippen molar-refractivity contribution < 1.29 is 14.4 Å². The normalized spacial score (nSPS) is 25.4. The van der Waals surface area contributed by atoms with Crippen LogP contribution >= 0.6 is 11.8 Å². The fourth-order valence-corrected chi connectivity index (χ4v) is 8.62. The summed E-state index contributed by atoms with van der Waals surface area (Å²) in [6.07, 6.45) is 6.47. The number of likely N-dealkylation sites (N-methyl/N-ethyl adjacent to an activating group) is 1. The Kier molecular flexibility index (Phi) is 15.0. The van der Waals surface area contributed by atoms with Crippen molar-refractivity contribution in [1.29, 1.82) is 0 Å². The van der Waals surface area contributed by atoms with E-state index in [1.54, 1.807) is 0 Å². The summed E-state index contributed by atoms with van der Waals surface area (Å²) in [6, 6.07) is 9.06. The minimum atomic E-state index is -0.217. The van der Waals surface area contributed by atoms with Crippen molar-refractivity contribution in [2.75, 3.05) is 70.0 Å². The minimum Gasteiger partial charge on any atom is -0.347 e. The number of thioether (sulfide) groups is 1. The van der Waals surface area contributed by atoms with Gasteiger partial charge in [0.05, 0.1) is 18.6 Å². The number of hydrogen-bond acceptors (Lipinski definition) is 7. The predicted molar refractivity (Wildman–Crippen MR) is 189 cm³/mol. The Balaban J connectivity index is 1.19. The molecule has 3 heterocycles. The summed E-state index contributed by atoms with van der Waals surface area (Å²) in [5.41, 5.74) is 2.04. The number of carbonyl (C=O) groups is 3. The third kappa shape index (κ3) is 11.4. The van der Waals surface area contributed by atoms with Crippen LogP contribution in [0, 0.1) is 5.92 Å². The number of urea groups is 1. The number of unbranched alkanes of at least 4 members (excludes halogenated alkanes) is 1. The highest BCUT2D eigenvalue weighted by Crippen LogP contribution is 2.33. The van der Waals surface area contributed by atoms with Gasteiger partial charge in [-0.25, -0.2) is 4.79 Å². The number of fused-ring (bicyclic) bond motifs is 1. The van der Waals surface area contributed by atoms with Gasteiger partial charge in [0.2, 0.25) is 11.8 Å². The van der Waals surface area contributed by atoms with Crippen molar-refractivity contribution >= 4 is 35.3 Å². The van der Waals surface area contributed by atoms with E-state index < -0.39 is 0 Å². The van der Waals surface area contributed by atoms with Crippen LogP contribution in [0.25, 0.3) is 0 Å². The second-order valence-corrected chi connectivity index (χ2v) is 14.7. The Morgan fingerprint density at radius 2 is 1.80 bits per heavy atom. The lowest BCUT2D eigenvalue weighted by Crippen LogP contribution is -2.51. The summed E-state index contributed by atoms with van der Waals surface area (Å²) < 4.78 is 0.